The fourth-order valence-electron chi connectivity index (χ4n) is 2.31. The lowest BCUT2D eigenvalue weighted by atomic mass is 10.2. The van der Waals surface area contributed by atoms with Gasteiger partial charge in [0, 0.05) is 25.7 Å². The second-order valence-corrected chi connectivity index (χ2v) is 5.06. The quantitative estimate of drug-likeness (QED) is 0.686. The van der Waals surface area contributed by atoms with Gasteiger partial charge >= 0.3 is 0 Å². The molecule has 0 aliphatic heterocycles. The molecule has 0 aromatic heterocycles. The van der Waals surface area contributed by atoms with E-state index >= 15 is 0 Å². The Labute approximate surface area is 101 Å². The summed E-state index contributed by atoms with van der Waals surface area (Å²) in [6, 6.07) is 0.752. The molecule has 0 heterocycles. The molecule has 16 heavy (non-hydrogen) atoms. The molecule has 0 aromatic rings. The summed E-state index contributed by atoms with van der Waals surface area (Å²) in [4.78, 5) is 2.22. The second-order valence-electron chi connectivity index (χ2n) is 5.06. The van der Waals surface area contributed by atoms with Crippen LogP contribution in [-0.4, -0.2) is 50.8 Å². The lowest BCUT2D eigenvalue weighted by molar-refractivity contribution is 0.0500. The average molecular weight is 228 g/mol. The molecule has 0 radical (unpaired) electrons. The zero-order valence-electron chi connectivity index (χ0n) is 11.2. The first-order valence-electron chi connectivity index (χ1n) is 6.72. The first-order chi connectivity index (χ1) is 7.72. The SMILES string of the molecule is CCOC(CCN(C)C)CNC1CCCC1. The highest BCUT2D eigenvalue weighted by Gasteiger charge is 2.16. The molecule has 1 aliphatic carbocycles. The first-order valence-corrected chi connectivity index (χ1v) is 6.72. The largest absolute Gasteiger partial charge is 0.377 e. The Morgan fingerprint density at radius 2 is 2.00 bits per heavy atom. The molecular weight excluding hydrogens is 200 g/mol. The smallest absolute Gasteiger partial charge is 0.0711 e. The molecule has 0 spiro atoms. The van der Waals surface area contributed by atoms with Gasteiger partial charge in [0.15, 0.2) is 0 Å². The molecule has 3 nitrogen and oxygen atoms in total. The van der Waals surface area contributed by atoms with Gasteiger partial charge in [0.05, 0.1) is 6.10 Å². The van der Waals surface area contributed by atoms with Crippen LogP contribution in [0.4, 0.5) is 0 Å². The third kappa shape index (κ3) is 5.83. The lowest BCUT2D eigenvalue weighted by Gasteiger charge is -2.22. The number of nitrogens with zero attached hydrogens (tertiary/aromatic N) is 1. The van der Waals surface area contributed by atoms with Crippen LogP contribution in [0.5, 0.6) is 0 Å². The Bertz CT molecular complexity index is 167. The molecule has 96 valence electrons. The molecule has 0 saturated heterocycles. The van der Waals surface area contributed by atoms with Gasteiger partial charge in [-0.1, -0.05) is 12.8 Å². The Kier molecular flexibility index (Phi) is 7.01. The van der Waals surface area contributed by atoms with Gasteiger partial charge in [-0.15, -0.1) is 0 Å². The number of nitrogens with one attached hydrogen (secondary N) is 1. The van der Waals surface area contributed by atoms with Crippen LogP contribution in [-0.2, 0) is 4.74 Å². The van der Waals surface area contributed by atoms with Crippen LogP contribution in [0.15, 0.2) is 0 Å². The summed E-state index contributed by atoms with van der Waals surface area (Å²) in [6.07, 6.45) is 7.01. The summed E-state index contributed by atoms with van der Waals surface area (Å²) in [5.74, 6) is 0. The Balaban J connectivity index is 2.15. The summed E-state index contributed by atoms with van der Waals surface area (Å²) >= 11 is 0. The first kappa shape index (κ1) is 13.9. The lowest BCUT2D eigenvalue weighted by Crippen LogP contribution is -2.36. The van der Waals surface area contributed by atoms with Crippen molar-refractivity contribution in [1.82, 2.24) is 10.2 Å². The molecule has 1 N–H and O–H groups in total. The summed E-state index contributed by atoms with van der Waals surface area (Å²) in [5.41, 5.74) is 0. The van der Waals surface area contributed by atoms with Crippen molar-refractivity contribution in [3.05, 3.63) is 0 Å². The normalized spacial score (nSPS) is 19.5. The maximum atomic E-state index is 5.76. The van der Waals surface area contributed by atoms with Gasteiger partial charge < -0.3 is 15.0 Å². The van der Waals surface area contributed by atoms with Crippen molar-refractivity contribution in [2.45, 2.75) is 51.2 Å². The van der Waals surface area contributed by atoms with E-state index in [9.17, 15) is 0 Å². The van der Waals surface area contributed by atoms with Crippen LogP contribution in [0.25, 0.3) is 0 Å². The molecule has 1 unspecified atom stereocenters. The van der Waals surface area contributed by atoms with E-state index in [1.54, 1.807) is 0 Å². The van der Waals surface area contributed by atoms with E-state index in [4.69, 9.17) is 4.74 Å². The number of rotatable bonds is 8. The number of hydrogen-bond acceptors (Lipinski definition) is 3. The summed E-state index contributed by atoms with van der Waals surface area (Å²) in [6.45, 7) is 5.03. The molecular formula is C13H28N2O. The van der Waals surface area contributed by atoms with Crippen molar-refractivity contribution in [3.8, 4) is 0 Å². The van der Waals surface area contributed by atoms with Crippen molar-refractivity contribution < 1.29 is 4.74 Å². The molecule has 0 amide bonds. The monoisotopic (exact) mass is 228 g/mol. The van der Waals surface area contributed by atoms with Gasteiger partial charge in [-0.3, -0.25) is 0 Å². The zero-order valence-corrected chi connectivity index (χ0v) is 11.2. The number of ether oxygens (including phenoxy) is 1. The fraction of sp³-hybridized carbons (Fsp3) is 1.00. The highest BCUT2D eigenvalue weighted by atomic mass is 16.5. The van der Waals surface area contributed by atoms with Crippen molar-refractivity contribution in [2.24, 2.45) is 0 Å². The van der Waals surface area contributed by atoms with Crippen LogP contribution >= 0.6 is 0 Å². The predicted octanol–water partition coefficient (Wildman–Crippen LogP) is 1.88. The predicted molar refractivity (Wildman–Crippen MR) is 68.8 cm³/mol. The fourth-order valence-corrected chi connectivity index (χ4v) is 2.31. The van der Waals surface area contributed by atoms with Crippen LogP contribution in [0.1, 0.15) is 39.0 Å². The third-order valence-electron chi connectivity index (χ3n) is 3.29. The van der Waals surface area contributed by atoms with E-state index < -0.39 is 0 Å². The van der Waals surface area contributed by atoms with Gasteiger partial charge in [-0.05, 0) is 40.3 Å². The third-order valence-corrected chi connectivity index (χ3v) is 3.29. The maximum absolute atomic E-state index is 5.76. The van der Waals surface area contributed by atoms with Crippen LogP contribution in [0, 0.1) is 0 Å². The second kappa shape index (κ2) is 8.04. The molecule has 1 fully saturated rings. The van der Waals surface area contributed by atoms with E-state index in [2.05, 4.69) is 31.2 Å². The zero-order chi connectivity index (χ0) is 11.8. The topological polar surface area (TPSA) is 24.5 Å². The summed E-state index contributed by atoms with van der Waals surface area (Å²) in [5, 5.41) is 3.65. The van der Waals surface area contributed by atoms with E-state index in [1.807, 2.05) is 0 Å². The van der Waals surface area contributed by atoms with Gasteiger partial charge in [0.2, 0.25) is 0 Å². The Morgan fingerprint density at radius 3 is 2.56 bits per heavy atom. The minimum atomic E-state index is 0.382. The molecule has 1 atom stereocenters. The minimum absolute atomic E-state index is 0.382. The average Bonchev–Trinajstić information content (AvgIpc) is 2.75. The van der Waals surface area contributed by atoms with Gasteiger partial charge in [0.1, 0.15) is 0 Å². The van der Waals surface area contributed by atoms with Gasteiger partial charge in [-0.2, -0.15) is 0 Å². The van der Waals surface area contributed by atoms with Crippen LogP contribution in [0.3, 0.4) is 0 Å². The molecule has 3 heteroatoms. The molecule has 1 rings (SSSR count). The van der Waals surface area contributed by atoms with Crippen LogP contribution in [0.2, 0.25) is 0 Å². The van der Waals surface area contributed by atoms with Gasteiger partial charge in [-0.25, -0.2) is 0 Å². The Morgan fingerprint density at radius 1 is 1.31 bits per heavy atom. The van der Waals surface area contributed by atoms with Gasteiger partial charge in [0.25, 0.3) is 0 Å². The Hall–Kier alpha value is -0.120. The van der Waals surface area contributed by atoms with E-state index in [0.717, 1.165) is 32.2 Å². The molecule has 1 saturated carbocycles. The van der Waals surface area contributed by atoms with E-state index in [1.165, 1.54) is 25.7 Å². The van der Waals surface area contributed by atoms with E-state index in [-0.39, 0.29) is 0 Å². The molecule has 1 aliphatic rings. The highest BCUT2D eigenvalue weighted by Crippen LogP contribution is 2.17. The summed E-state index contributed by atoms with van der Waals surface area (Å²) < 4.78 is 5.76. The highest BCUT2D eigenvalue weighted by molar-refractivity contribution is 4.75. The maximum Gasteiger partial charge on any atom is 0.0711 e. The summed E-state index contributed by atoms with van der Waals surface area (Å²) in [7, 11) is 4.24. The van der Waals surface area contributed by atoms with Crippen molar-refractivity contribution >= 4 is 0 Å². The molecule has 0 bridgehead atoms. The number of hydrogen-bond donors (Lipinski definition) is 1. The van der Waals surface area contributed by atoms with Crippen molar-refractivity contribution in [2.75, 3.05) is 33.8 Å². The van der Waals surface area contributed by atoms with Crippen LogP contribution < -0.4 is 5.32 Å². The van der Waals surface area contributed by atoms with Crippen molar-refractivity contribution in [1.29, 1.82) is 0 Å². The standard InChI is InChI=1S/C13H28N2O/c1-4-16-13(9-10-15(2)3)11-14-12-7-5-6-8-12/h12-14H,4-11H2,1-3H3. The van der Waals surface area contributed by atoms with E-state index in [0.29, 0.717) is 6.10 Å². The van der Waals surface area contributed by atoms with Crippen molar-refractivity contribution in [3.63, 3.8) is 0 Å². The molecule has 0 aromatic carbocycles. The minimum Gasteiger partial charge on any atom is -0.377 e.